The van der Waals surface area contributed by atoms with Crippen molar-refractivity contribution in [2.24, 2.45) is 0 Å². The number of methoxy groups -OCH3 is 1. The first kappa shape index (κ1) is 9.46. The molecule has 0 unspecified atom stereocenters. The minimum atomic E-state index is -0.258. The monoisotopic (exact) mass is 163 g/mol. The van der Waals surface area contributed by atoms with Gasteiger partial charge in [0, 0.05) is 19.2 Å². The van der Waals surface area contributed by atoms with E-state index in [-0.39, 0.29) is 18.4 Å². The maximum atomic E-state index is 10.5. The van der Waals surface area contributed by atoms with Crippen molar-refractivity contribution in [2.75, 3.05) is 20.2 Å². The first-order valence-corrected chi connectivity index (χ1v) is 2.81. The summed E-state index contributed by atoms with van der Waals surface area (Å²) in [4.78, 5) is 10.5. The molecule has 0 saturated carbocycles. The van der Waals surface area contributed by atoms with Gasteiger partial charge >= 0.3 is 5.97 Å². The van der Waals surface area contributed by atoms with Crippen molar-refractivity contribution in [3.05, 3.63) is 11.6 Å². The molecule has 0 amide bonds. The lowest BCUT2D eigenvalue weighted by molar-refractivity contribution is -0.134. The second-order valence-corrected chi connectivity index (χ2v) is 1.93. The number of carbonyl (C=O) groups is 1. The van der Waals surface area contributed by atoms with Gasteiger partial charge < -0.3 is 10.1 Å². The molecule has 0 aliphatic carbocycles. The van der Waals surface area contributed by atoms with Crippen molar-refractivity contribution in [1.29, 1.82) is 0 Å². The molecule has 1 fully saturated rings. The zero-order valence-electron chi connectivity index (χ0n) is 5.72. The van der Waals surface area contributed by atoms with E-state index >= 15 is 0 Å². The van der Waals surface area contributed by atoms with Crippen molar-refractivity contribution in [3.63, 3.8) is 0 Å². The van der Waals surface area contributed by atoms with Gasteiger partial charge in [0.15, 0.2) is 0 Å². The van der Waals surface area contributed by atoms with Crippen LogP contribution >= 0.6 is 12.4 Å². The maximum absolute atomic E-state index is 10.5. The summed E-state index contributed by atoms with van der Waals surface area (Å²) in [5, 5.41) is 3.01. The Bertz CT molecular complexity index is 150. The van der Waals surface area contributed by atoms with Crippen molar-refractivity contribution in [2.45, 2.75) is 0 Å². The van der Waals surface area contributed by atoms with E-state index in [1.165, 1.54) is 13.2 Å². The van der Waals surface area contributed by atoms with E-state index in [9.17, 15) is 4.79 Å². The Labute approximate surface area is 65.8 Å². The number of halogens is 1. The topological polar surface area (TPSA) is 38.3 Å². The van der Waals surface area contributed by atoms with E-state index in [0.29, 0.717) is 0 Å². The number of carbonyl (C=O) groups excluding carboxylic acids is 1. The Morgan fingerprint density at radius 1 is 1.70 bits per heavy atom. The standard InChI is InChI=1S/C6H9NO2.ClH/c1-9-6(8)2-5-3-7-4-5;/h2,7H,3-4H2,1H3;1H. The van der Waals surface area contributed by atoms with Crippen molar-refractivity contribution >= 4 is 18.4 Å². The average Bonchev–Trinajstić information content (AvgIpc) is 1.78. The van der Waals surface area contributed by atoms with Gasteiger partial charge in [-0.25, -0.2) is 4.79 Å². The zero-order valence-corrected chi connectivity index (χ0v) is 6.53. The van der Waals surface area contributed by atoms with Crippen molar-refractivity contribution in [1.82, 2.24) is 5.32 Å². The van der Waals surface area contributed by atoms with Crippen molar-refractivity contribution < 1.29 is 9.53 Å². The van der Waals surface area contributed by atoms with Gasteiger partial charge in [-0.15, -0.1) is 12.4 Å². The molecule has 0 aromatic rings. The Kier molecular flexibility index (Phi) is 4.07. The average molecular weight is 164 g/mol. The minimum absolute atomic E-state index is 0. The highest BCUT2D eigenvalue weighted by atomic mass is 35.5. The Balaban J connectivity index is 0.000000810. The van der Waals surface area contributed by atoms with Gasteiger partial charge in [0.05, 0.1) is 7.11 Å². The van der Waals surface area contributed by atoms with Gasteiger partial charge in [-0.1, -0.05) is 0 Å². The lowest BCUT2D eigenvalue weighted by Crippen LogP contribution is -2.34. The van der Waals surface area contributed by atoms with E-state index in [1.54, 1.807) is 0 Å². The molecule has 0 radical (unpaired) electrons. The number of rotatable bonds is 1. The van der Waals surface area contributed by atoms with Gasteiger partial charge in [0.25, 0.3) is 0 Å². The second kappa shape index (κ2) is 4.30. The summed E-state index contributed by atoms with van der Waals surface area (Å²) in [5.74, 6) is -0.258. The summed E-state index contributed by atoms with van der Waals surface area (Å²) in [5.41, 5.74) is 1.11. The summed E-state index contributed by atoms with van der Waals surface area (Å²) in [7, 11) is 1.38. The third-order valence-electron chi connectivity index (χ3n) is 1.23. The summed E-state index contributed by atoms with van der Waals surface area (Å²) < 4.78 is 4.41. The fourth-order valence-electron chi connectivity index (χ4n) is 0.597. The molecule has 1 aliphatic heterocycles. The number of esters is 1. The molecule has 1 aliphatic rings. The fraction of sp³-hybridized carbons (Fsp3) is 0.500. The minimum Gasteiger partial charge on any atom is -0.466 e. The zero-order chi connectivity index (χ0) is 6.69. The lowest BCUT2D eigenvalue weighted by atomic mass is 10.1. The largest absolute Gasteiger partial charge is 0.466 e. The highest BCUT2D eigenvalue weighted by molar-refractivity contribution is 5.85. The van der Waals surface area contributed by atoms with Crippen LogP contribution in [0.5, 0.6) is 0 Å². The van der Waals surface area contributed by atoms with E-state index in [4.69, 9.17) is 0 Å². The van der Waals surface area contributed by atoms with E-state index in [0.717, 1.165) is 18.7 Å². The Morgan fingerprint density at radius 2 is 2.30 bits per heavy atom. The van der Waals surface area contributed by atoms with E-state index in [2.05, 4.69) is 10.1 Å². The first-order valence-electron chi connectivity index (χ1n) is 2.81. The number of hydrogen-bond donors (Lipinski definition) is 1. The van der Waals surface area contributed by atoms with Crippen LogP contribution in [-0.2, 0) is 9.53 Å². The van der Waals surface area contributed by atoms with E-state index < -0.39 is 0 Å². The van der Waals surface area contributed by atoms with Crippen LogP contribution in [0.4, 0.5) is 0 Å². The number of nitrogens with one attached hydrogen (secondary N) is 1. The Hall–Kier alpha value is -0.540. The smallest absolute Gasteiger partial charge is 0.330 e. The molecule has 0 aromatic carbocycles. The van der Waals surface area contributed by atoms with Crippen LogP contribution in [0.25, 0.3) is 0 Å². The molecule has 1 rings (SSSR count). The van der Waals surface area contributed by atoms with Crippen LogP contribution in [0.2, 0.25) is 0 Å². The molecule has 1 heterocycles. The van der Waals surface area contributed by atoms with Crippen LogP contribution in [-0.4, -0.2) is 26.2 Å². The van der Waals surface area contributed by atoms with Crippen molar-refractivity contribution in [3.8, 4) is 0 Å². The number of ether oxygens (including phenoxy) is 1. The van der Waals surface area contributed by atoms with Gasteiger partial charge in [0.1, 0.15) is 0 Å². The third-order valence-corrected chi connectivity index (χ3v) is 1.23. The lowest BCUT2D eigenvalue weighted by Gasteiger charge is -2.17. The molecule has 0 aromatic heterocycles. The Morgan fingerprint density at radius 3 is 2.60 bits per heavy atom. The molecule has 4 heteroatoms. The highest BCUT2D eigenvalue weighted by Gasteiger charge is 2.08. The van der Waals surface area contributed by atoms with Crippen LogP contribution in [0, 0.1) is 0 Å². The molecule has 3 nitrogen and oxygen atoms in total. The maximum Gasteiger partial charge on any atom is 0.330 e. The van der Waals surface area contributed by atoms with E-state index in [1.807, 2.05) is 0 Å². The molecule has 0 bridgehead atoms. The molecular formula is C6H10ClNO2. The third kappa shape index (κ3) is 2.37. The SMILES string of the molecule is COC(=O)C=C1CNC1.Cl. The van der Waals surface area contributed by atoms with Gasteiger partial charge in [-0.3, -0.25) is 0 Å². The summed E-state index contributed by atoms with van der Waals surface area (Å²) in [6.07, 6.45) is 1.52. The molecule has 1 N–H and O–H groups in total. The summed E-state index contributed by atoms with van der Waals surface area (Å²) in [6, 6.07) is 0. The van der Waals surface area contributed by atoms with Crippen LogP contribution in [0.1, 0.15) is 0 Å². The molecule has 58 valence electrons. The summed E-state index contributed by atoms with van der Waals surface area (Å²) >= 11 is 0. The number of hydrogen-bond acceptors (Lipinski definition) is 3. The van der Waals surface area contributed by atoms with Gasteiger partial charge in [-0.05, 0) is 5.57 Å². The predicted molar refractivity (Wildman–Crippen MR) is 40.2 cm³/mol. The molecule has 1 saturated heterocycles. The van der Waals surface area contributed by atoms with Crippen LogP contribution in [0.3, 0.4) is 0 Å². The van der Waals surface area contributed by atoms with Gasteiger partial charge in [0.2, 0.25) is 0 Å². The molecular weight excluding hydrogens is 154 g/mol. The molecule has 10 heavy (non-hydrogen) atoms. The molecule has 0 spiro atoms. The van der Waals surface area contributed by atoms with Crippen LogP contribution in [0.15, 0.2) is 11.6 Å². The summed E-state index contributed by atoms with van der Waals surface area (Å²) in [6.45, 7) is 1.66. The second-order valence-electron chi connectivity index (χ2n) is 1.93. The fourth-order valence-corrected chi connectivity index (χ4v) is 0.597. The highest BCUT2D eigenvalue weighted by Crippen LogP contribution is 1.99. The molecule has 0 atom stereocenters. The quantitative estimate of drug-likeness (QED) is 0.441. The normalized spacial score (nSPS) is 14.7. The van der Waals surface area contributed by atoms with Crippen LogP contribution < -0.4 is 5.32 Å². The van der Waals surface area contributed by atoms with Gasteiger partial charge in [-0.2, -0.15) is 0 Å². The predicted octanol–water partition coefficient (Wildman–Crippen LogP) is 0.111. The first-order chi connectivity index (χ1) is 4.33.